The Kier molecular flexibility index (Phi) is 4.67. The Hall–Kier alpha value is -1.41. The van der Waals surface area contributed by atoms with Crippen molar-refractivity contribution in [3.05, 3.63) is 52.7 Å². The minimum absolute atomic E-state index is 0.151. The van der Waals surface area contributed by atoms with E-state index >= 15 is 0 Å². The Balaban J connectivity index is 2.36. The highest BCUT2D eigenvalue weighted by molar-refractivity contribution is 7.89. The van der Waals surface area contributed by atoms with Gasteiger partial charge >= 0.3 is 0 Å². The van der Waals surface area contributed by atoms with Gasteiger partial charge in [-0.25, -0.2) is 12.8 Å². The highest BCUT2D eigenvalue weighted by Crippen LogP contribution is 2.26. The van der Waals surface area contributed by atoms with Crippen molar-refractivity contribution >= 4 is 21.6 Å². The van der Waals surface area contributed by atoms with Gasteiger partial charge in [-0.05, 0) is 36.8 Å². The number of benzene rings is 1. The van der Waals surface area contributed by atoms with Crippen LogP contribution in [0, 0.1) is 12.7 Å². The number of aliphatic hydroxyl groups excluding tert-OH is 1. The average molecular weight is 334 g/mol. The van der Waals surface area contributed by atoms with Crippen LogP contribution in [0.15, 0.2) is 39.8 Å². The Labute approximate surface area is 126 Å². The lowest BCUT2D eigenvalue weighted by Gasteiger charge is -2.15. The summed E-state index contributed by atoms with van der Waals surface area (Å²) in [7, 11) is -4.04. The molecule has 0 saturated carbocycles. The molecule has 114 valence electrons. The van der Waals surface area contributed by atoms with E-state index in [-0.39, 0.29) is 21.2 Å². The molecule has 1 atom stereocenters. The SMILES string of the molecule is Cc1cc(S(=O)(=O)NC(CO)c2ccco2)c(Cl)cc1F. The summed E-state index contributed by atoms with van der Waals surface area (Å²) in [6.45, 7) is 0.936. The first-order chi connectivity index (χ1) is 9.85. The van der Waals surface area contributed by atoms with Gasteiger partial charge in [-0.3, -0.25) is 0 Å². The molecule has 1 heterocycles. The van der Waals surface area contributed by atoms with Gasteiger partial charge < -0.3 is 9.52 Å². The highest BCUT2D eigenvalue weighted by Gasteiger charge is 2.25. The van der Waals surface area contributed by atoms with Crippen molar-refractivity contribution in [3.8, 4) is 0 Å². The Morgan fingerprint density at radius 2 is 2.19 bits per heavy atom. The quantitative estimate of drug-likeness (QED) is 0.880. The molecule has 2 aromatic rings. The van der Waals surface area contributed by atoms with E-state index in [9.17, 15) is 17.9 Å². The normalized spacial score (nSPS) is 13.3. The summed E-state index contributed by atoms with van der Waals surface area (Å²) in [4.78, 5) is -0.256. The topological polar surface area (TPSA) is 79.5 Å². The second kappa shape index (κ2) is 6.15. The van der Waals surface area contributed by atoms with Crippen molar-refractivity contribution in [2.75, 3.05) is 6.61 Å². The largest absolute Gasteiger partial charge is 0.468 e. The zero-order valence-corrected chi connectivity index (χ0v) is 12.6. The summed E-state index contributed by atoms with van der Waals surface area (Å²) < 4.78 is 45.3. The number of nitrogens with one attached hydrogen (secondary N) is 1. The van der Waals surface area contributed by atoms with Gasteiger partial charge in [0.1, 0.15) is 22.5 Å². The molecule has 1 unspecified atom stereocenters. The fourth-order valence-corrected chi connectivity index (χ4v) is 3.56. The average Bonchev–Trinajstić information content (AvgIpc) is 2.94. The zero-order chi connectivity index (χ0) is 15.6. The molecule has 2 rings (SSSR count). The Bertz CT molecular complexity index is 731. The number of sulfonamides is 1. The van der Waals surface area contributed by atoms with Crippen LogP contribution in [0.2, 0.25) is 5.02 Å². The van der Waals surface area contributed by atoms with Crippen molar-refractivity contribution in [3.63, 3.8) is 0 Å². The molecular weight excluding hydrogens is 321 g/mol. The van der Waals surface area contributed by atoms with Crippen molar-refractivity contribution < 1.29 is 22.3 Å². The van der Waals surface area contributed by atoms with Crippen LogP contribution in [0.25, 0.3) is 0 Å². The third-order valence-electron chi connectivity index (χ3n) is 2.87. The highest BCUT2D eigenvalue weighted by atomic mass is 35.5. The van der Waals surface area contributed by atoms with Crippen LogP contribution >= 0.6 is 11.6 Å². The van der Waals surface area contributed by atoms with Crippen molar-refractivity contribution in [1.82, 2.24) is 4.72 Å². The summed E-state index contributed by atoms with van der Waals surface area (Å²) in [6, 6.07) is 4.22. The smallest absolute Gasteiger partial charge is 0.242 e. The summed E-state index contributed by atoms with van der Waals surface area (Å²) in [6.07, 6.45) is 1.36. The van der Waals surface area contributed by atoms with E-state index < -0.39 is 28.5 Å². The van der Waals surface area contributed by atoms with E-state index in [1.54, 1.807) is 6.07 Å². The zero-order valence-electron chi connectivity index (χ0n) is 11.0. The summed E-state index contributed by atoms with van der Waals surface area (Å²) in [5.41, 5.74) is 0.151. The maximum Gasteiger partial charge on any atom is 0.242 e. The number of hydrogen-bond donors (Lipinski definition) is 2. The van der Waals surface area contributed by atoms with E-state index in [0.717, 1.165) is 12.1 Å². The molecule has 0 radical (unpaired) electrons. The summed E-state index contributed by atoms with van der Waals surface area (Å²) in [5, 5.41) is 9.06. The number of hydrogen-bond acceptors (Lipinski definition) is 4. The minimum Gasteiger partial charge on any atom is -0.468 e. The molecule has 0 aliphatic rings. The standard InChI is InChI=1S/C13H13ClFNO4S/c1-8-5-13(9(14)6-10(8)15)21(18,19)16-11(7-17)12-3-2-4-20-12/h2-6,11,16-17H,7H2,1H3. The van der Waals surface area contributed by atoms with Crippen molar-refractivity contribution in [2.24, 2.45) is 0 Å². The van der Waals surface area contributed by atoms with Gasteiger partial charge in [-0.1, -0.05) is 11.6 Å². The molecule has 0 saturated heterocycles. The number of rotatable bonds is 5. The van der Waals surface area contributed by atoms with E-state index in [1.807, 2.05) is 0 Å². The van der Waals surface area contributed by atoms with E-state index in [0.29, 0.717) is 0 Å². The van der Waals surface area contributed by atoms with Gasteiger partial charge in [0.15, 0.2) is 0 Å². The van der Waals surface area contributed by atoms with Crippen LogP contribution in [-0.2, 0) is 10.0 Å². The predicted octanol–water partition coefficient (Wildman–Crippen LogP) is 2.39. The first-order valence-electron chi connectivity index (χ1n) is 5.97. The molecule has 2 N–H and O–H groups in total. The number of aryl methyl sites for hydroxylation is 1. The van der Waals surface area contributed by atoms with E-state index in [4.69, 9.17) is 16.0 Å². The van der Waals surface area contributed by atoms with Crippen LogP contribution in [0.1, 0.15) is 17.4 Å². The second-order valence-electron chi connectivity index (χ2n) is 4.40. The van der Waals surface area contributed by atoms with Gasteiger partial charge in [-0.2, -0.15) is 4.72 Å². The van der Waals surface area contributed by atoms with Crippen molar-refractivity contribution in [1.29, 1.82) is 0 Å². The van der Waals surface area contributed by atoms with Gasteiger partial charge in [0.25, 0.3) is 0 Å². The van der Waals surface area contributed by atoms with E-state index in [1.165, 1.54) is 19.3 Å². The molecule has 0 fully saturated rings. The monoisotopic (exact) mass is 333 g/mol. The molecule has 5 nitrogen and oxygen atoms in total. The van der Waals surface area contributed by atoms with Gasteiger partial charge in [0.05, 0.1) is 17.9 Å². The number of furan rings is 1. The fourth-order valence-electron chi connectivity index (χ4n) is 1.76. The molecule has 0 aliphatic carbocycles. The second-order valence-corrected chi connectivity index (χ2v) is 6.49. The van der Waals surface area contributed by atoms with Crippen LogP contribution in [-0.4, -0.2) is 20.1 Å². The summed E-state index contributed by atoms with van der Waals surface area (Å²) in [5.74, 6) is -0.334. The number of aliphatic hydroxyl groups is 1. The van der Waals surface area contributed by atoms with E-state index in [2.05, 4.69) is 4.72 Å². The Morgan fingerprint density at radius 1 is 1.48 bits per heavy atom. The van der Waals surface area contributed by atoms with Gasteiger partial charge in [-0.15, -0.1) is 0 Å². The van der Waals surface area contributed by atoms with Crippen LogP contribution in [0.3, 0.4) is 0 Å². The third-order valence-corrected chi connectivity index (χ3v) is 4.81. The molecule has 0 spiro atoms. The molecule has 8 heteroatoms. The molecule has 1 aromatic carbocycles. The molecule has 1 aromatic heterocycles. The molecular formula is C13H13ClFNO4S. The van der Waals surface area contributed by atoms with Crippen molar-refractivity contribution in [2.45, 2.75) is 17.9 Å². The lowest BCUT2D eigenvalue weighted by molar-refractivity contribution is 0.242. The van der Waals surface area contributed by atoms with Gasteiger partial charge in [0, 0.05) is 0 Å². The third kappa shape index (κ3) is 3.44. The first-order valence-corrected chi connectivity index (χ1v) is 7.83. The molecule has 0 bridgehead atoms. The first kappa shape index (κ1) is 16.0. The minimum atomic E-state index is -4.04. The predicted molar refractivity (Wildman–Crippen MR) is 75.0 cm³/mol. The summed E-state index contributed by atoms with van der Waals surface area (Å²) >= 11 is 5.79. The van der Waals surface area contributed by atoms with Crippen LogP contribution < -0.4 is 4.72 Å². The maximum atomic E-state index is 13.3. The molecule has 21 heavy (non-hydrogen) atoms. The van der Waals surface area contributed by atoms with Crippen LogP contribution in [0.4, 0.5) is 4.39 Å². The molecule has 0 amide bonds. The lowest BCUT2D eigenvalue weighted by atomic mass is 10.2. The fraction of sp³-hybridized carbons (Fsp3) is 0.231. The molecule has 0 aliphatic heterocycles. The number of halogens is 2. The maximum absolute atomic E-state index is 13.3. The lowest BCUT2D eigenvalue weighted by Crippen LogP contribution is -2.31. The van der Waals surface area contributed by atoms with Gasteiger partial charge in [0.2, 0.25) is 10.0 Å². The Morgan fingerprint density at radius 3 is 2.76 bits per heavy atom. The van der Waals surface area contributed by atoms with Crippen LogP contribution in [0.5, 0.6) is 0 Å².